The molecule has 10 nitrogen and oxygen atoms in total. The molecule has 5 rings (SSSR count). The van der Waals surface area contributed by atoms with Gasteiger partial charge in [0.05, 0.1) is 18.0 Å². The zero-order chi connectivity index (χ0) is 21.4. The van der Waals surface area contributed by atoms with Gasteiger partial charge in [0.1, 0.15) is 22.8 Å². The van der Waals surface area contributed by atoms with Crippen molar-refractivity contribution >= 4 is 40.9 Å². The highest BCUT2D eigenvalue weighted by atomic mass is 16.2. The van der Waals surface area contributed by atoms with Gasteiger partial charge < -0.3 is 9.88 Å². The van der Waals surface area contributed by atoms with E-state index in [1.54, 1.807) is 23.5 Å². The lowest BCUT2D eigenvalue weighted by Gasteiger charge is -2.29. The van der Waals surface area contributed by atoms with E-state index in [0.717, 1.165) is 35.9 Å². The summed E-state index contributed by atoms with van der Waals surface area (Å²) in [6.45, 7) is 1.55. The van der Waals surface area contributed by atoms with Crippen molar-refractivity contribution in [3.8, 4) is 0 Å². The summed E-state index contributed by atoms with van der Waals surface area (Å²) in [6.07, 6.45) is 6.75. The lowest BCUT2D eigenvalue weighted by Crippen LogP contribution is -2.40. The van der Waals surface area contributed by atoms with Gasteiger partial charge in [-0.25, -0.2) is 19.7 Å². The van der Waals surface area contributed by atoms with Crippen LogP contribution in [0.5, 0.6) is 0 Å². The van der Waals surface area contributed by atoms with Gasteiger partial charge in [-0.1, -0.05) is 0 Å². The number of hydrogen-bond acceptors (Lipinski definition) is 6. The molecule has 1 saturated heterocycles. The standard InChI is InChI=1S/C21H21N7O3/c29-11-17-14(10-27-5-2-4-19(27)30)7-13-3-1-6-28(20(13)25-17)21(31)26-18-8-15-16(9-22-18)24-12-23-15/h7-9,11-12H,1-6,10H2,(H,23,24)(H,22,26,31). The quantitative estimate of drug-likeness (QED) is 0.625. The fourth-order valence-electron chi connectivity index (χ4n) is 4.14. The van der Waals surface area contributed by atoms with E-state index in [-0.39, 0.29) is 17.6 Å². The molecule has 3 amide bonds. The molecule has 31 heavy (non-hydrogen) atoms. The molecular formula is C21H21N7O3. The fourth-order valence-corrected chi connectivity index (χ4v) is 4.14. The van der Waals surface area contributed by atoms with E-state index in [0.29, 0.717) is 49.5 Å². The van der Waals surface area contributed by atoms with Gasteiger partial charge in [0.25, 0.3) is 0 Å². The fraction of sp³-hybridized carbons (Fsp3) is 0.333. The lowest BCUT2D eigenvalue weighted by molar-refractivity contribution is -0.128. The second-order valence-electron chi connectivity index (χ2n) is 7.73. The SMILES string of the molecule is O=Cc1nc2c(cc1CN1CCCC1=O)CCCN2C(=O)Nc1cc2[nH]cnc2cn1. The van der Waals surface area contributed by atoms with Crippen LogP contribution in [0.3, 0.4) is 0 Å². The van der Waals surface area contributed by atoms with E-state index in [4.69, 9.17) is 0 Å². The van der Waals surface area contributed by atoms with E-state index in [2.05, 4.69) is 25.3 Å². The van der Waals surface area contributed by atoms with Crippen LogP contribution in [0.4, 0.5) is 16.4 Å². The average molecular weight is 419 g/mol. The monoisotopic (exact) mass is 419 g/mol. The van der Waals surface area contributed by atoms with Crippen LogP contribution < -0.4 is 10.2 Å². The molecule has 0 atom stereocenters. The number of nitrogens with zero attached hydrogens (tertiary/aromatic N) is 5. The van der Waals surface area contributed by atoms with E-state index in [1.165, 1.54) is 4.90 Å². The zero-order valence-electron chi connectivity index (χ0n) is 16.8. The van der Waals surface area contributed by atoms with Crippen LogP contribution in [0.25, 0.3) is 11.0 Å². The molecule has 0 aromatic carbocycles. The number of fused-ring (bicyclic) bond motifs is 2. The van der Waals surface area contributed by atoms with Crippen LogP contribution >= 0.6 is 0 Å². The van der Waals surface area contributed by atoms with Crippen LogP contribution in [0.1, 0.15) is 40.9 Å². The number of aldehydes is 1. The van der Waals surface area contributed by atoms with Crippen molar-refractivity contribution in [3.05, 3.63) is 41.5 Å². The maximum absolute atomic E-state index is 13.0. The number of likely N-dealkylation sites (tertiary alicyclic amines) is 1. The molecule has 2 aliphatic heterocycles. The molecule has 1 fully saturated rings. The Kier molecular flexibility index (Phi) is 4.81. The Bertz CT molecular complexity index is 1190. The van der Waals surface area contributed by atoms with Gasteiger partial charge in [-0.2, -0.15) is 0 Å². The maximum atomic E-state index is 13.0. The summed E-state index contributed by atoms with van der Waals surface area (Å²) in [5, 5.41) is 2.80. The van der Waals surface area contributed by atoms with Gasteiger partial charge in [0.2, 0.25) is 5.91 Å². The number of aromatic nitrogens is 4. The lowest BCUT2D eigenvalue weighted by atomic mass is 10.0. The van der Waals surface area contributed by atoms with Crippen LogP contribution in [-0.2, 0) is 17.8 Å². The van der Waals surface area contributed by atoms with Crippen LogP contribution in [0, 0.1) is 0 Å². The van der Waals surface area contributed by atoms with Gasteiger partial charge in [0, 0.05) is 37.7 Å². The molecule has 10 heteroatoms. The Morgan fingerprint density at radius 3 is 2.87 bits per heavy atom. The number of anilines is 2. The minimum Gasteiger partial charge on any atom is -0.344 e. The number of amides is 3. The predicted octanol–water partition coefficient (Wildman–Crippen LogP) is 2.27. The molecule has 5 heterocycles. The van der Waals surface area contributed by atoms with Crippen molar-refractivity contribution < 1.29 is 14.4 Å². The van der Waals surface area contributed by atoms with Crippen molar-refractivity contribution in [2.45, 2.75) is 32.2 Å². The first-order chi connectivity index (χ1) is 15.1. The summed E-state index contributed by atoms with van der Waals surface area (Å²) in [6, 6.07) is 3.26. The van der Waals surface area contributed by atoms with Crippen molar-refractivity contribution in [2.75, 3.05) is 23.3 Å². The van der Waals surface area contributed by atoms with Crippen LogP contribution in [0.2, 0.25) is 0 Å². The topological polar surface area (TPSA) is 124 Å². The second kappa shape index (κ2) is 7.78. The number of carbonyl (C=O) groups excluding carboxylic acids is 3. The molecule has 3 aromatic heterocycles. The third-order valence-corrected chi connectivity index (χ3v) is 5.71. The van der Waals surface area contributed by atoms with Gasteiger partial charge in [0.15, 0.2) is 6.29 Å². The summed E-state index contributed by atoms with van der Waals surface area (Å²) >= 11 is 0. The normalized spacial score (nSPS) is 15.9. The summed E-state index contributed by atoms with van der Waals surface area (Å²) < 4.78 is 0. The van der Waals surface area contributed by atoms with Gasteiger partial charge in [-0.15, -0.1) is 0 Å². The number of carbonyl (C=O) groups is 3. The van der Waals surface area contributed by atoms with E-state index >= 15 is 0 Å². The molecule has 0 aliphatic carbocycles. The largest absolute Gasteiger partial charge is 0.344 e. The summed E-state index contributed by atoms with van der Waals surface area (Å²) in [5.41, 5.74) is 3.35. The minimum atomic E-state index is -0.362. The number of pyridine rings is 2. The Morgan fingerprint density at radius 1 is 1.19 bits per heavy atom. The number of nitrogens with one attached hydrogen (secondary N) is 2. The number of hydrogen-bond donors (Lipinski definition) is 2. The molecule has 0 unspecified atom stereocenters. The Hall–Kier alpha value is -3.82. The molecule has 0 bridgehead atoms. The number of H-pyrrole nitrogens is 1. The summed E-state index contributed by atoms with van der Waals surface area (Å²) in [5.74, 6) is 0.968. The Morgan fingerprint density at radius 2 is 2.06 bits per heavy atom. The molecule has 158 valence electrons. The number of aryl methyl sites for hydroxylation is 1. The molecule has 0 saturated carbocycles. The molecule has 2 N–H and O–H groups in total. The predicted molar refractivity (Wildman–Crippen MR) is 113 cm³/mol. The van der Waals surface area contributed by atoms with Gasteiger partial charge in [-0.3, -0.25) is 19.8 Å². The zero-order valence-corrected chi connectivity index (χ0v) is 16.8. The van der Waals surface area contributed by atoms with E-state index in [1.807, 2.05) is 6.07 Å². The first-order valence-corrected chi connectivity index (χ1v) is 10.3. The highest BCUT2D eigenvalue weighted by Crippen LogP contribution is 2.29. The summed E-state index contributed by atoms with van der Waals surface area (Å²) in [7, 11) is 0. The summed E-state index contributed by atoms with van der Waals surface area (Å²) in [4.78, 5) is 55.8. The number of urea groups is 1. The van der Waals surface area contributed by atoms with E-state index < -0.39 is 0 Å². The third kappa shape index (κ3) is 3.60. The molecule has 0 spiro atoms. The van der Waals surface area contributed by atoms with Crippen LogP contribution in [-0.4, -0.2) is 56.1 Å². The molecule has 3 aromatic rings. The third-order valence-electron chi connectivity index (χ3n) is 5.71. The number of rotatable bonds is 4. The van der Waals surface area contributed by atoms with Crippen molar-refractivity contribution in [1.82, 2.24) is 24.8 Å². The highest BCUT2D eigenvalue weighted by Gasteiger charge is 2.28. The van der Waals surface area contributed by atoms with Crippen molar-refractivity contribution in [2.24, 2.45) is 0 Å². The van der Waals surface area contributed by atoms with Gasteiger partial charge in [-0.05, 0) is 30.9 Å². The number of imidazole rings is 1. The molecule has 0 radical (unpaired) electrons. The van der Waals surface area contributed by atoms with Crippen molar-refractivity contribution in [1.29, 1.82) is 0 Å². The smallest absolute Gasteiger partial charge is 0.328 e. The second-order valence-corrected chi connectivity index (χ2v) is 7.73. The Labute approximate surface area is 177 Å². The molecule has 2 aliphatic rings. The molecular weight excluding hydrogens is 398 g/mol. The highest BCUT2D eigenvalue weighted by molar-refractivity contribution is 6.02. The van der Waals surface area contributed by atoms with Gasteiger partial charge >= 0.3 is 6.03 Å². The van der Waals surface area contributed by atoms with Crippen molar-refractivity contribution in [3.63, 3.8) is 0 Å². The minimum absolute atomic E-state index is 0.0947. The maximum Gasteiger partial charge on any atom is 0.328 e. The first-order valence-electron chi connectivity index (χ1n) is 10.3. The first kappa shape index (κ1) is 19.2. The Balaban J connectivity index is 1.41. The van der Waals surface area contributed by atoms with E-state index in [9.17, 15) is 14.4 Å². The average Bonchev–Trinajstić information content (AvgIpc) is 3.41. The number of aromatic amines is 1. The van der Waals surface area contributed by atoms with Crippen LogP contribution in [0.15, 0.2) is 24.7 Å².